The number of rotatable bonds is 7. The van der Waals surface area contributed by atoms with Crippen LogP contribution in [-0.2, 0) is 9.84 Å². The summed E-state index contributed by atoms with van der Waals surface area (Å²) in [4.78, 5) is 21.8. The Hall–Kier alpha value is -2.74. The summed E-state index contributed by atoms with van der Waals surface area (Å²) < 4.78 is 28.6. The molecule has 8 heteroatoms. The Morgan fingerprint density at radius 2 is 2.03 bits per heavy atom. The summed E-state index contributed by atoms with van der Waals surface area (Å²) in [5, 5.41) is 3.82. The van der Waals surface area contributed by atoms with Crippen molar-refractivity contribution in [3.8, 4) is 11.6 Å². The molecule has 0 radical (unpaired) electrons. The largest absolute Gasteiger partial charge is 0.438 e. The lowest BCUT2D eigenvalue weighted by molar-refractivity contribution is 0.0943. The number of amides is 1. The van der Waals surface area contributed by atoms with Gasteiger partial charge >= 0.3 is 0 Å². The molecule has 0 bridgehead atoms. The van der Waals surface area contributed by atoms with Gasteiger partial charge in [0, 0.05) is 29.8 Å². The van der Waals surface area contributed by atoms with E-state index in [-0.39, 0.29) is 17.4 Å². The van der Waals surface area contributed by atoms with Crippen molar-refractivity contribution in [3.05, 3.63) is 58.9 Å². The lowest BCUT2D eigenvalue weighted by atomic mass is 10.1. The van der Waals surface area contributed by atoms with Gasteiger partial charge in [0.05, 0.1) is 0 Å². The molecular weight excluding hydrogens is 402 g/mol. The van der Waals surface area contributed by atoms with E-state index in [4.69, 9.17) is 4.74 Å². The highest BCUT2D eigenvalue weighted by atomic mass is 32.2. The van der Waals surface area contributed by atoms with Crippen LogP contribution in [0.5, 0.6) is 11.6 Å². The van der Waals surface area contributed by atoms with E-state index >= 15 is 0 Å². The molecule has 1 saturated carbocycles. The van der Waals surface area contributed by atoms with Crippen LogP contribution in [0.1, 0.15) is 60.3 Å². The zero-order chi connectivity index (χ0) is 21.7. The van der Waals surface area contributed by atoms with E-state index in [2.05, 4.69) is 15.3 Å². The fourth-order valence-corrected chi connectivity index (χ4v) is 3.90. The number of nitrogens with zero attached hydrogens (tertiary/aromatic N) is 2. The molecule has 1 fully saturated rings. The van der Waals surface area contributed by atoms with E-state index in [9.17, 15) is 13.2 Å². The molecule has 7 nitrogen and oxygen atoms in total. The maximum Gasteiger partial charge on any atom is 0.258 e. The molecule has 1 aromatic heterocycles. The first-order valence-corrected chi connectivity index (χ1v) is 12.0. The molecule has 3 rings (SSSR count). The predicted octanol–water partition coefficient (Wildman–Crippen LogP) is 3.91. The number of hydrogen-bond donors (Lipinski definition) is 1. The average molecular weight is 430 g/mol. The number of nitrogens with one attached hydrogen (secondary N) is 1. The summed E-state index contributed by atoms with van der Waals surface area (Å²) in [7, 11) is -3.27. The van der Waals surface area contributed by atoms with E-state index < -0.39 is 21.8 Å². The Kier molecular flexibility index (Phi) is 6.87. The van der Waals surface area contributed by atoms with Crippen LogP contribution < -0.4 is 10.1 Å². The van der Waals surface area contributed by atoms with Gasteiger partial charge in [0.25, 0.3) is 5.91 Å². The van der Waals surface area contributed by atoms with Gasteiger partial charge in [-0.1, -0.05) is 31.1 Å². The van der Waals surface area contributed by atoms with Crippen LogP contribution in [0.2, 0.25) is 0 Å². The van der Waals surface area contributed by atoms with Gasteiger partial charge in [-0.2, -0.15) is 4.98 Å². The van der Waals surface area contributed by atoms with Crippen molar-refractivity contribution in [1.82, 2.24) is 15.3 Å². The van der Waals surface area contributed by atoms with Crippen molar-refractivity contribution >= 4 is 15.7 Å². The van der Waals surface area contributed by atoms with Crippen molar-refractivity contribution in [1.29, 1.82) is 0 Å². The predicted molar refractivity (Wildman–Crippen MR) is 115 cm³/mol. The second-order valence-corrected chi connectivity index (χ2v) is 9.70. The molecule has 30 heavy (non-hydrogen) atoms. The third kappa shape index (κ3) is 6.13. The molecule has 1 amide bonds. The minimum absolute atomic E-state index is 0.203. The van der Waals surface area contributed by atoms with Gasteiger partial charge in [-0.25, -0.2) is 13.4 Å². The highest BCUT2D eigenvalue weighted by Gasteiger charge is 2.24. The Bertz CT molecular complexity index is 1040. The maximum atomic E-state index is 12.8. The first kappa shape index (κ1) is 22.0. The summed E-state index contributed by atoms with van der Waals surface area (Å²) in [5.74, 6) is 1.33. The van der Waals surface area contributed by atoms with Gasteiger partial charge in [0.2, 0.25) is 5.88 Å². The van der Waals surface area contributed by atoms with Gasteiger partial charge in [0.15, 0.2) is 9.84 Å². The molecule has 2 aromatic rings. The number of ether oxygens (including phenoxy) is 1. The van der Waals surface area contributed by atoms with Crippen molar-refractivity contribution in [2.45, 2.75) is 51.5 Å². The topological polar surface area (TPSA) is 98.2 Å². The molecule has 1 aromatic carbocycles. The smallest absolute Gasteiger partial charge is 0.258 e. The van der Waals surface area contributed by atoms with Crippen molar-refractivity contribution in [2.24, 2.45) is 0 Å². The second-order valence-electron chi connectivity index (χ2n) is 7.77. The number of aryl methyl sites for hydroxylation is 1. The Labute approximate surface area is 177 Å². The van der Waals surface area contributed by atoms with Gasteiger partial charge in [-0.05, 0) is 44.4 Å². The van der Waals surface area contributed by atoms with Crippen LogP contribution in [0.25, 0.3) is 0 Å². The Morgan fingerprint density at radius 1 is 1.30 bits per heavy atom. The molecule has 0 saturated heterocycles. The Balaban J connectivity index is 1.87. The van der Waals surface area contributed by atoms with Gasteiger partial charge < -0.3 is 10.1 Å². The fraction of sp³-hybridized carbons (Fsp3) is 0.409. The van der Waals surface area contributed by atoms with E-state index in [1.165, 1.54) is 12.3 Å². The van der Waals surface area contributed by atoms with Crippen molar-refractivity contribution < 1.29 is 17.9 Å². The zero-order valence-electron chi connectivity index (χ0n) is 17.5. The van der Waals surface area contributed by atoms with Crippen LogP contribution in [0.3, 0.4) is 0 Å². The first-order chi connectivity index (χ1) is 14.2. The number of aromatic nitrogens is 2. The lowest BCUT2D eigenvalue weighted by Crippen LogP contribution is -2.31. The highest BCUT2D eigenvalue weighted by Crippen LogP contribution is 2.34. The van der Waals surface area contributed by atoms with Crippen molar-refractivity contribution in [2.75, 3.05) is 6.26 Å². The van der Waals surface area contributed by atoms with Crippen LogP contribution >= 0.6 is 0 Å². The molecule has 1 atom stereocenters. The van der Waals surface area contributed by atoms with Crippen LogP contribution in [0, 0.1) is 6.92 Å². The number of carbonyl (C=O) groups is 1. The van der Waals surface area contributed by atoms with Crippen LogP contribution in [0.15, 0.2) is 41.9 Å². The summed E-state index contributed by atoms with van der Waals surface area (Å²) in [6.45, 7) is 3.65. The molecule has 1 N–H and O–H groups in total. The summed E-state index contributed by atoms with van der Waals surface area (Å²) in [6.07, 6.45) is 8.37. The zero-order valence-corrected chi connectivity index (χ0v) is 18.3. The average Bonchev–Trinajstić information content (AvgIpc) is 3.20. The molecule has 1 aliphatic rings. The number of benzene rings is 1. The van der Waals surface area contributed by atoms with E-state index in [0.717, 1.165) is 42.9 Å². The van der Waals surface area contributed by atoms with E-state index in [1.54, 1.807) is 6.92 Å². The molecule has 160 valence electrons. The quantitative estimate of drug-likeness (QED) is 0.716. The standard InChI is InChI=1S/C22H27N3O4S/c1-15-7-6-10-18(13-15)29-22-19(14-23-20(25-22)17-8-4-5-9-17)21(26)24-16(2)11-12-30(3,27)28/h6-7,10-14,16-17H,4-5,8-9H2,1-3H3,(H,24,26)/b12-11+/t16-/m0/s1. The van der Waals surface area contributed by atoms with Crippen LogP contribution in [-0.4, -0.2) is 36.6 Å². The third-order valence-corrected chi connectivity index (χ3v) is 5.57. The molecule has 1 heterocycles. The fourth-order valence-electron chi connectivity index (χ4n) is 3.38. The summed E-state index contributed by atoms with van der Waals surface area (Å²) in [6, 6.07) is 7.02. The van der Waals surface area contributed by atoms with Crippen LogP contribution in [0.4, 0.5) is 0 Å². The van der Waals surface area contributed by atoms with E-state index in [0.29, 0.717) is 11.6 Å². The number of carbonyl (C=O) groups excluding carboxylic acids is 1. The molecule has 1 aliphatic carbocycles. The molecule has 0 spiro atoms. The lowest BCUT2D eigenvalue weighted by Gasteiger charge is -2.15. The molecular formula is C22H27N3O4S. The summed E-state index contributed by atoms with van der Waals surface area (Å²) in [5.41, 5.74) is 1.24. The van der Waals surface area contributed by atoms with E-state index in [1.807, 2.05) is 31.2 Å². The van der Waals surface area contributed by atoms with Crippen molar-refractivity contribution in [3.63, 3.8) is 0 Å². The Morgan fingerprint density at radius 3 is 2.70 bits per heavy atom. The number of hydrogen-bond acceptors (Lipinski definition) is 6. The minimum Gasteiger partial charge on any atom is -0.438 e. The van der Waals surface area contributed by atoms with Gasteiger partial charge in [-0.3, -0.25) is 4.79 Å². The number of sulfone groups is 1. The maximum absolute atomic E-state index is 12.8. The normalized spacial score (nSPS) is 16.0. The molecule has 0 unspecified atom stereocenters. The second kappa shape index (κ2) is 9.38. The minimum atomic E-state index is -3.27. The monoisotopic (exact) mass is 429 g/mol. The summed E-state index contributed by atoms with van der Waals surface area (Å²) >= 11 is 0. The SMILES string of the molecule is Cc1cccc(Oc2nc(C3CCCC3)ncc2C(=O)N[C@@H](C)/C=C/S(C)(=O)=O)c1. The first-order valence-electron chi connectivity index (χ1n) is 10.0. The van der Waals surface area contributed by atoms with Gasteiger partial charge in [0.1, 0.15) is 17.1 Å². The highest BCUT2D eigenvalue weighted by molar-refractivity contribution is 7.93. The third-order valence-electron chi connectivity index (χ3n) is 4.91. The molecule has 0 aliphatic heterocycles. The van der Waals surface area contributed by atoms with Gasteiger partial charge in [-0.15, -0.1) is 0 Å².